The highest BCUT2D eigenvalue weighted by atomic mass is 19.1. The number of carboxylic acids is 1. The Morgan fingerprint density at radius 2 is 1.97 bits per heavy atom. The zero-order chi connectivity index (χ0) is 21.7. The van der Waals surface area contributed by atoms with Crippen molar-refractivity contribution in [3.63, 3.8) is 0 Å². The largest absolute Gasteiger partial charge is 0.481 e. The summed E-state index contributed by atoms with van der Waals surface area (Å²) in [6.07, 6.45) is 6.80. The Hall–Kier alpha value is -3.16. The molecule has 3 aromatic rings. The number of aromatic amines is 1. The first-order chi connectivity index (χ1) is 14.9. The van der Waals surface area contributed by atoms with Crippen LogP contribution in [-0.4, -0.2) is 46.2 Å². The van der Waals surface area contributed by atoms with Crippen LogP contribution in [-0.2, 0) is 4.79 Å². The number of aliphatic carboxylic acids is 1. The molecule has 6 rings (SSSR count). The molecule has 0 amide bonds. The SMILES string of the molecule is CN(C)c1cccc2c(-c3ncc(F)c(N[C@H]4C5CCC(CC5)[C@@H]4C(=O)O)n3)c[nH]c12. The molecule has 162 valence electrons. The average molecular weight is 423 g/mol. The first kappa shape index (κ1) is 19.8. The summed E-state index contributed by atoms with van der Waals surface area (Å²) in [6, 6.07) is 5.65. The van der Waals surface area contributed by atoms with Crippen molar-refractivity contribution in [1.29, 1.82) is 0 Å². The number of benzene rings is 1. The predicted octanol–water partition coefficient (Wildman–Crippen LogP) is 4.13. The van der Waals surface area contributed by atoms with E-state index in [1.54, 1.807) is 0 Å². The number of anilines is 2. The molecular formula is C23H26FN5O2. The highest BCUT2D eigenvalue weighted by molar-refractivity contribution is 6.00. The monoisotopic (exact) mass is 423 g/mol. The van der Waals surface area contributed by atoms with E-state index in [0.29, 0.717) is 5.82 Å². The molecule has 0 saturated heterocycles. The number of aromatic nitrogens is 3. The lowest BCUT2D eigenvalue weighted by Crippen LogP contribution is -2.51. The maximum Gasteiger partial charge on any atom is 0.308 e. The van der Waals surface area contributed by atoms with Crippen molar-refractivity contribution in [3.05, 3.63) is 36.4 Å². The Balaban J connectivity index is 1.51. The van der Waals surface area contributed by atoms with Crippen molar-refractivity contribution >= 4 is 28.4 Å². The Morgan fingerprint density at radius 1 is 1.23 bits per heavy atom. The summed E-state index contributed by atoms with van der Waals surface area (Å²) in [5.74, 6) is -1.05. The molecule has 2 heterocycles. The van der Waals surface area contributed by atoms with Gasteiger partial charge in [0.2, 0.25) is 0 Å². The maximum atomic E-state index is 14.7. The van der Waals surface area contributed by atoms with E-state index in [1.165, 1.54) is 0 Å². The summed E-state index contributed by atoms with van der Waals surface area (Å²) in [5.41, 5.74) is 2.77. The van der Waals surface area contributed by atoms with Crippen LogP contribution < -0.4 is 10.2 Å². The van der Waals surface area contributed by atoms with Gasteiger partial charge in [0, 0.05) is 37.3 Å². The van der Waals surface area contributed by atoms with Gasteiger partial charge in [0.25, 0.3) is 0 Å². The third-order valence-corrected chi connectivity index (χ3v) is 6.97. The molecule has 31 heavy (non-hydrogen) atoms. The van der Waals surface area contributed by atoms with Gasteiger partial charge in [-0.25, -0.2) is 14.4 Å². The van der Waals surface area contributed by atoms with Gasteiger partial charge < -0.3 is 20.3 Å². The van der Waals surface area contributed by atoms with Gasteiger partial charge in [-0.2, -0.15) is 0 Å². The van der Waals surface area contributed by atoms with Gasteiger partial charge in [-0.3, -0.25) is 4.79 Å². The molecule has 1 aromatic carbocycles. The minimum Gasteiger partial charge on any atom is -0.481 e. The Labute approximate surface area is 179 Å². The van der Waals surface area contributed by atoms with Gasteiger partial charge in [-0.15, -0.1) is 0 Å². The van der Waals surface area contributed by atoms with Crippen molar-refractivity contribution in [2.45, 2.75) is 31.7 Å². The normalized spacial score (nSPS) is 25.0. The molecule has 3 fully saturated rings. The van der Waals surface area contributed by atoms with Crippen LogP contribution >= 0.6 is 0 Å². The number of halogens is 1. The second-order valence-corrected chi connectivity index (χ2v) is 8.90. The van der Waals surface area contributed by atoms with Crippen LogP contribution in [0.5, 0.6) is 0 Å². The first-order valence-electron chi connectivity index (χ1n) is 10.7. The second kappa shape index (κ2) is 7.51. The number of carbonyl (C=O) groups is 1. The van der Waals surface area contributed by atoms with Gasteiger partial charge in [0.1, 0.15) is 0 Å². The van der Waals surface area contributed by atoms with Crippen LogP contribution in [0.15, 0.2) is 30.6 Å². The van der Waals surface area contributed by atoms with Gasteiger partial charge in [0.05, 0.1) is 23.3 Å². The smallest absolute Gasteiger partial charge is 0.308 e. The maximum absolute atomic E-state index is 14.7. The third kappa shape index (κ3) is 3.30. The number of carboxylic acid groups (broad SMARTS) is 1. The highest BCUT2D eigenvalue weighted by Gasteiger charge is 2.47. The lowest BCUT2D eigenvalue weighted by atomic mass is 9.61. The van der Waals surface area contributed by atoms with E-state index in [4.69, 9.17) is 0 Å². The van der Waals surface area contributed by atoms with Crippen LogP contribution in [0, 0.1) is 23.6 Å². The number of hydrogen-bond donors (Lipinski definition) is 3. The topological polar surface area (TPSA) is 94.1 Å². The molecule has 2 aromatic heterocycles. The molecule has 0 spiro atoms. The number of nitrogens with zero attached hydrogens (tertiary/aromatic N) is 3. The van der Waals surface area contributed by atoms with E-state index in [0.717, 1.165) is 54.0 Å². The van der Waals surface area contributed by atoms with E-state index < -0.39 is 17.7 Å². The average Bonchev–Trinajstić information content (AvgIpc) is 3.20. The fourth-order valence-corrected chi connectivity index (χ4v) is 5.46. The Bertz CT molecular complexity index is 1140. The van der Waals surface area contributed by atoms with Crippen LogP contribution in [0.1, 0.15) is 25.7 Å². The molecule has 3 saturated carbocycles. The molecule has 0 radical (unpaired) electrons. The number of rotatable bonds is 5. The lowest BCUT2D eigenvalue weighted by Gasteiger charge is -2.47. The van der Waals surface area contributed by atoms with E-state index in [-0.39, 0.29) is 23.7 Å². The summed E-state index contributed by atoms with van der Waals surface area (Å²) < 4.78 is 14.7. The minimum atomic E-state index is -0.811. The van der Waals surface area contributed by atoms with Crippen molar-refractivity contribution in [2.75, 3.05) is 24.3 Å². The van der Waals surface area contributed by atoms with Gasteiger partial charge in [-0.05, 0) is 43.6 Å². The molecule has 3 N–H and O–H groups in total. The third-order valence-electron chi connectivity index (χ3n) is 6.97. The van der Waals surface area contributed by atoms with Gasteiger partial charge in [-0.1, -0.05) is 12.1 Å². The van der Waals surface area contributed by atoms with E-state index in [2.05, 4.69) is 20.3 Å². The van der Waals surface area contributed by atoms with Crippen molar-refractivity contribution < 1.29 is 14.3 Å². The summed E-state index contributed by atoms with van der Waals surface area (Å²) in [4.78, 5) is 26.0. The number of nitrogens with one attached hydrogen (secondary N) is 2. The highest BCUT2D eigenvalue weighted by Crippen LogP contribution is 2.46. The molecule has 3 aliphatic carbocycles. The number of para-hydroxylation sites is 1. The zero-order valence-corrected chi connectivity index (χ0v) is 17.6. The van der Waals surface area contributed by atoms with Gasteiger partial charge >= 0.3 is 5.97 Å². The molecule has 0 unspecified atom stereocenters. The minimum absolute atomic E-state index is 0.0758. The quantitative estimate of drug-likeness (QED) is 0.571. The molecule has 3 aliphatic rings. The Morgan fingerprint density at radius 3 is 2.68 bits per heavy atom. The van der Waals surface area contributed by atoms with Crippen LogP contribution in [0.25, 0.3) is 22.3 Å². The zero-order valence-electron chi connectivity index (χ0n) is 17.6. The second-order valence-electron chi connectivity index (χ2n) is 8.90. The van der Waals surface area contributed by atoms with Crippen molar-refractivity contribution in [2.24, 2.45) is 17.8 Å². The lowest BCUT2D eigenvalue weighted by molar-refractivity contribution is -0.148. The van der Waals surface area contributed by atoms with Crippen molar-refractivity contribution in [3.8, 4) is 11.4 Å². The molecule has 7 nitrogen and oxygen atoms in total. The van der Waals surface area contributed by atoms with E-state index in [9.17, 15) is 14.3 Å². The van der Waals surface area contributed by atoms with Crippen LogP contribution in [0.2, 0.25) is 0 Å². The summed E-state index contributed by atoms with van der Waals surface area (Å²) >= 11 is 0. The Kier molecular flexibility index (Phi) is 4.79. The number of H-pyrrole nitrogens is 1. The molecular weight excluding hydrogens is 397 g/mol. The molecule has 2 bridgehead atoms. The molecule has 2 atom stereocenters. The number of fused-ring (bicyclic) bond motifs is 4. The van der Waals surface area contributed by atoms with Crippen LogP contribution in [0.4, 0.5) is 15.9 Å². The summed E-state index contributed by atoms with van der Waals surface area (Å²) in [5, 5.41) is 13.9. The fraction of sp³-hybridized carbons (Fsp3) is 0.435. The predicted molar refractivity (Wildman–Crippen MR) is 118 cm³/mol. The first-order valence-corrected chi connectivity index (χ1v) is 10.7. The summed E-state index contributed by atoms with van der Waals surface area (Å²) in [7, 11) is 3.95. The van der Waals surface area contributed by atoms with Crippen molar-refractivity contribution in [1.82, 2.24) is 15.0 Å². The van der Waals surface area contributed by atoms with E-state index in [1.807, 2.05) is 43.4 Å². The fourth-order valence-electron chi connectivity index (χ4n) is 5.46. The summed E-state index contributed by atoms with van der Waals surface area (Å²) in [6.45, 7) is 0. The standard InChI is InChI=1S/C23H26FN5O2/c1-29(2)17-5-3-4-14-15(10-25-20(14)17)21-26-11-16(24)22(28-21)27-19-13-8-6-12(7-9-13)18(19)23(30)31/h3-5,10-13,18-19,25H,6-9H2,1-2H3,(H,30,31)(H,26,27,28)/t12?,13?,18-,19-/m0/s1. The molecule has 8 heteroatoms. The molecule has 0 aliphatic heterocycles. The number of hydrogen-bond acceptors (Lipinski definition) is 5. The van der Waals surface area contributed by atoms with E-state index >= 15 is 0 Å². The van der Waals surface area contributed by atoms with Crippen LogP contribution in [0.3, 0.4) is 0 Å². The van der Waals surface area contributed by atoms with Gasteiger partial charge in [0.15, 0.2) is 17.5 Å².